The van der Waals surface area contributed by atoms with Gasteiger partial charge >= 0.3 is 0 Å². The van der Waals surface area contributed by atoms with Crippen LogP contribution in [-0.4, -0.2) is 62.3 Å². The second-order valence-corrected chi connectivity index (χ2v) is 7.29. The number of methoxy groups -OCH3 is 1. The maximum atomic E-state index is 6.25. The largest absolute Gasteiger partial charge is 0.491 e. The summed E-state index contributed by atoms with van der Waals surface area (Å²) in [6.07, 6.45) is 1.84. The Labute approximate surface area is 164 Å². The molecule has 1 aliphatic rings. The molecule has 1 aliphatic heterocycles. The molecular formula is C19H27N5O2S. The molecule has 2 N–H and O–H groups in total. The minimum absolute atomic E-state index is 0.501. The van der Waals surface area contributed by atoms with Gasteiger partial charge in [-0.1, -0.05) is 12.1 Å². The fraction of sp³-hybridized carbons (Fsp3) is 0.474. The van der Waals surface area contributed by atoms with Crippen molar-refractivity contribution < 1.29 is 9.47 Å². The molecule has 1 fully saturated rings. The number of benzene rings is 1. The molecule has 0 amide bonds. The highest BCUT2D eigenvalue weighted by molar-refractivity contribution is 7.13. The Hall–Kier alpha value is -2.32. The van der Waals surface area contributed by atoms with Gasteiger partial charge < -0.3 is 25.0 Å². The zero-order valence-electron chi connectivity index (χ0n) is 15.9. The van der Waals surface area contributed by atoms with E-state index in [1.807, 2.05) is 24.6 Å². The number of rotatable bonds is 7. The lowest BCUT2D eigenvalue weighted by molar-refractivity contribution is 0.145. The molecule has 2 aromatic rings. The average molecular weight is 390 g/mol. The standard InChI is InChI=1S/C19H27N5O2S/c1-15-3-4-16(17(13-15)26-11-10-25-2)14-22-18(20)23-6-8-24(9-7-23)19-21-5-12-27-19/h3-5,12-13H,6-11,14H2,1-2H3,(H2,20,22). The minimum atomic E-state index is 0.501. The van der Waals surface area contributed by atoms with Gasteiger partial charge in [-0.2, -0.15) is 0 Å². The number of aliphatic imine (C=N–C) groups is 1. The summed E-state index contributed by atoms with van der Waals surface area (Å²) in [5.74, 6) is 1.43. The van der Waals surface area contributed by atoms with Gasteiger partial charge in [-0.3, -0.25) is 0 Å². The lowest BCUT2D eigenvalue weighted by Crippen LogP contribution is -2.51. The van der Waals surface area contributed by atoms with Crippen LogP contribution in [-0.2, 0) is 11.3 Å². The van der Waals surface area contributed by atoms with Crippen LogP contribution in [0.2, 0.25) is 0 Å². The molecule has 2 heterocycles. The van der Waals surface area contributed by atoms with E-state index in [0.29, 0.717) is 25.7 Å². The number of nitrogens with zero attached hydrogens (tertiary/aromatic N) is 4. The van der Waals surface area contributed by atoms with Crippen molar-refractivity contribution in [3.63, 3.8) is 0 Å². The van der Waals surface area contributed by atoms with Crippen LogP contribution >= 0.6 is 11.3 Å². The summed E-state index contributed by atoms with van der Waals surface area (Å²) in [7, 11) is 1.67. The van der Waals surface area contributed by atoms with E-state index in [2.05, 4.69) is 31.9 Å². The fourth-order valence-corrected chi connectivity index (χ4v) is 3.62. The number of anilines is 1. The molecular weight excluding hydrogens is 362 g/mol. The average Bonchev–Trinajstić information content (AvgIpc) is 3.22. The van der Waals surface area contributed by atoms with Crippen molar-refractivity contribution in [2.45, 2.75) is 13.5 Å². The Morgan fingerprint density at radius 1 is 1.26 bits per heavy atom. The second kappa shape index (κ2) is 9.57. The predicted octanol–water partition coefficient (Wildman–Crippen LogP) is 2.11. The smallest absolute Gasteiger partial charge is 0.191 e. The predicted molar refractivity (Wildman–Crippen MR) is 110 cm³/mol. The highest BCUT2D eigenvalue weighted by Crippen LogP contribution is 2.22. The third-order valence-corrected chi connectivity index (χ3v) is 5.30. The summed E-state index contributed by atoms with van der Waals surface area (Å²) >= 11 is 1.67. The molecule has 7 nitrogen and oxygen atoms in total. The summed E-state index contributed by atoms with van der Waals surface area (Å²) in [4.78, 5) is 13.4. The summed E-state index contributed by atoms with van der Waals surface area (Å²) in [5.41, 5.74) is 8.43. The van der Waals surface area contributed by atoms with Gasteiger partial charge in [0.1, 0.15) is 12.4 Å². The molecule has 146 valence electrons. The van der Waals surface area contributed by atoms with Gasteiger partial charge in [-0.05, 0) is 18.6 Å². The Kier molecular flexibility index (Phi) is 6.89. The monoisotopic (exact) mass is 389 g/mol. The van der Waals surface area contributed by atoms with Crippen LogP contribution in [0.15, 0.2) is 34.8 Å². The molecule has 1 saturated heterocycles. The summed E-state index contributed by atoms with van der Waals surface area (Å²) < 4.78 is 10.9. The summed E-state index contributed by atoms with van der Waals surface area (Å²) in [5, 5.41) is 3.08. The first-order valence-corrected chi connectivity index (χ1v) is 9.96. The third-order valence-electron chi connectivity index (χ3n) is 4.47. The van der Waals surface area contributed by atoms with Crippen molar-refractivity contribution >= 4 is 22.4 Å². The number of ether oxygens (including phenoxy) is 2. The minimum Gasteiger partial charge on any atom is -0.491 e. The van der Waals surface area contributed by atoms with Crippen LogP contribution in [0.5, 0.6) is 5.75 Å². The molecule has 0 bridgehead atoms. The Balaban J connectivity index is 1.57. The van der Waals surface area contributed by atoms with E-state index in [9.17, 15) is 0 Å². The summed E-state index contributed by atoms with van der Waals surface area (Å²) in [6, 6.07) is 6.15. The Morgan fingerprint density at radius 2 is 2.07 bits per heavy atom. The number of thiazole rings is 1. The number of nitrogens with two attached hydrogens (primary N) is 1. The van der Waals surface area contributed by atoms with Crippen LogP contribution in [0, 0.1) is 6.92 Å². The number of hydrogen-bond acceptors (Lipinski definition) is 6. The Bertz CT molecular complexity index is 743. The lowest BCUT2D eigenvalue weighted by atomic mass is 10.1. The van der Waals surface area contributed by atoms with E-state index in [0.717, 1.165) is 48.2 Å². The van der Waals surface area contributed by atoms with Crippen LogP contribution in [0.4, 0.5) is 5.13 Å². The van der Waals surface area contributed by atoms with Gasteiger partial charge in [0.15, 0.2) is 11.1 Å². The van der Waals surface area contributed by atoms with E-state index in [-0.39, 0.29) is 0 Å². The van der Waals surface area contributed by atoms with E-state index < -0.39 is 0 Å². The normalized spacial score (nSPS) is 15.3. The van der Waals surface area contributed by atoms with Gasteiger partial charge in [0.05, 0.1) is 13.2 Å². The van der Waals surface area contributed by atoms with Gasteiger partial charge in [0.25, 0.3) is 0 Å². The second-order valence-electron chi connectivity index (χ2n) is 6.42. The highest BCUT2D eigenvalue weighted by Gasteiger charge is 2.19. The number of hydrogen-bond donors (Lipinski definition) is 1. The van der Waals surface area contributed by atoms with Crippen LogP contribution in [0.3, 0.4) is 0 Å². The molecule has 0 unspecified atom stereocenters. The first-order valence-electron chi connectivity index (χ1n) is 9.08. The SMILES string of the molecule is COCCOc1cc(C)ccc1CN=C(N)N1CCN(c2nccs2)CC1. The Morgan fingerprint density at radius 3 is 2.78 bits per heavy atom. The molecule has 0 spiro atoms. The van der Waals surface area contributed by atoms with E-state index >= 15 is 0 Å². The zero-order valence-corrected chi connectivity index (χ0v) is 16.7. The fourth-order valence-electron chi connectivity index (χ4n) is 2.93. The third kappa shape index (κ3) is 5.33. The zero-order chi connectivity index (χ0) is 19.1. The van der Waals surface area contributed by atoms with Crippen molar-refractivity contribution in [1.29, 1.82) is 0 Å². The molecule has 0 radical (unpaired) electrons. The molecule has 8 heteroatoms. The lowest BCUT2D eigenvalue weighted by Gasteiger charge is -2.35. The maximum absolute atomic E-state index is 6.25. The van der Waals surface area contributed by atoms with Gasteiger partial charge in [-0.15, -0.1) is 11.3 Å². The van der Waals surface area contributed by atoms with Crippen LogP contribution in [0.25, 0.3) is 0 Å². The molecule has 3 rings (SSSR count). The molecule has 27 heavy (non-hydrogen) atoms. The molecule has 0 atom stereocenters. The van der Waals surface area contributed by atoms with Gasteiger partial charge in [0.2, 0.25) is 0 Å². The molecule has 1 aromatic heterocycles. The van der Waals surface area contributed by atoms with Crippen molar-refractivity contribution in [1.82, 2.24) is 9.88 Å². The van der Waals surface area contributed by atoms with Crippen LogP contribution in [0.1, 0.15) is 11.1 Å². The number of aromatic nitrogens is 1. The van der Waals surface area contributed by atoms with Gasteiger partial charge in [0, 0.05) is 50.4 Å². The number of piperazine rings is 1. The van der Waals surface area contributed by atoms with Crippen molar-refractivity contribution in [2.24, 2.45) is 10.7 Å². The number of aryl methyl sites for hydroxylation is 1. The molecule has 1 aromatic carbocycles. The van der Waals surface area contributed by atoms with E-state index in [1.54, 1.807) is 18.4 Å². The number of guanidine groups is 1. The van der Waals surface area contributed by atoms with E-state index in [4.69, 9.17) is 15.2 Å². The maximum Gasteiger partial charge on any atom is 0.191 e. The summed E-state index contributed by atoms with van der Waals surface area (Å²) in [6.45, 7) is 7.12. The molecule has 0 saturated carbocycles. The quantitative estimate of drug-likeness (QED) is 0.444. The van der Waals surface area contributed by atoms with E-state index in [1.165, 1.54) is 0 Å². The first kappa shape index (κ1) is 19.4. The van der Waals surface area contributed by atoms with Gasteiger partial charge in [-0.25, -0.2) is 9.98 Å². The first-order chi connectivity index (χ1) is 13.2. The highest BCUT2D eigenvalue weighted by atomic mass is 32.1. The topological polar surface area (TPSA) is 76.2 Å². The van der Waals surface area contributed by atoms with Crippen molar-refractivity contribution in [3.8, 4) is 5.75 Å². The van der Waals surface area contributed by atoms with Crippen molar-refractivity contribution in [2.75, 3.05) is 51.4 Å². The van der Waals surface area contributed by atoms with Crippen LogP contribution < -0.4 is 15.4 Å². The molecule has 0 aliphatic carbocycles. The van der Waals surface area contributed by atoms with Crippen molar-refractivity contribution in [3.05, 3.63) is 40.9 Å².